The molecule has 0 N–H and O–H groups in total. The second-order valence-electron chi connectivity index (χ2n) is 7.67. The molecule has 0 unspecified atom stereocenters. The average Bonchev–Trinajstić information content (AvgIpc) is 2.87. The van der Waals surface area contributed by atoms with Gasteiger partial charge in [-0.15, -0.1) is 0 Å². The molecule has 0 bridgehead atoms. The number of carbonyl (C=O) groups excluding carboxylic acids is 1. The summed E-state index contributed by atoms with van der Waals surface area (Å²) in [6.45, 7) is 1.53. The summed E-state index contributed by atoms with van der Waals surface area (Å²) in [5.41, 5.74) is -0.688. The molecule has 0 saturated carbocycles. The molecule has 1 aromatic heterocycles. The second-order valence-corrected chi connectivity index (χ2v) is 8.58. The standard InChI is InChI=1S/C26H19BrF3N3O4/c1-2-36-23(34)15-37-22-11-10-19(27)13-17(22)14-31-33-24(16-6-5-7-18(12-16)26(28,29)30)32-21-9-4-3-8-20(21)25(33)35/h3-14H,2,15H2,1H3. The van der Waals surface area contributed by atoms with Crippen LogP contribution in [-0.4, -0.2) is 35.1 Å². The van der Waals surface area contributed by atoms with E-state index in [1.54, 1.807) is 49.4 Å². The van der Waals surface area contributed by atoms with Crippen molar-refractivity contribution in [2.45, 2.75) is 13.1 Å². The van der Waals surface area contributed by atoms with E-state index in [-0.39, 0.29) is 35.7 Å². The molecular formula is C26H19BrF3N3O4. The smallest absolute Gasteiger partial charge is 0.416 e. The lowest BCUT2D eigenvalue weighted by molar-refractivity contribution is -0.145. The van der Waals surface area contributed by atoms with Gasteiger partial charge >= 0.3 is 12.1 Å². The van der Waals surface area contributed by atoms with Gasteiger partial charge in [-0.2, -0.15) is 22.9 Å². The van der Waals surface area contributed by atoms with Crippen molar-refractivity contribution in [1.29, 1.82) is 0 Å². The lowest BCUT2D eigenvalue weighted by Gasteiger charge is -2.12. The Kier molecular flexibility index (Phi) is 7.72. The molecule has 0 spiro atoms. The zero-order valence-electron chi connectivity index (χ0n) is 19.3. The number of aromatic nitrogens is 2. The number of hydrogen-bond acceptors (Lipinski definition) is 6. The van der Waals surface area contributed by atoms with E-state index in [0.29, 0.717) is 15.6 Å². The number of carbonyl (C=O) groups is 1. The van der Waals surface area contributed by atoms with Gasteiger partial charge in [-0.1, -0.05) is 40.2 Å². The molecule has 190 valence electrons. The normalized spacial score (nSPS) is 11.7. The fraction of sp³-hybridized carbons (Fsp3) is 0.154. The van der Waals surface area contributed by atoms with Crippen LogP contribution in [0.15, 0.2) is 81.1 Å². The van der Waals surface area contributed by atoms with Crippen molar-refractivity contribution in [3.8, 4) is 17.1 Å². The molecule has 0 saturated heterocycles. The van der Waals surface area contributed by atoms with Crippen molar-refractivity contribution in [3.63, 3.8) is 0 Å². The summed E-state index contributed by atoms with van der Waals surface area (Å²) in [7, 11) is 0. The monoisotopic (exact) mass is 573 g/mol. The van der Waals surface area contributed by atoms with Gasteiger partial charge in [0, 0.05) is 15.6 Å². The zero-order chi connectivity index (χ0) is 26.6. The molecule has 0 fully saturated rings. The van der Waals surface area contributed by atoms with Crippen LogP contribution in [0.5, 0.6) is 5.75 Å². The third-order valence-electron chi connectivity index (χ3n) is 5.14. The number of para-hydroxylation sites is 1. The molecule has 1 heterocycles. The highest BCUT2D eigenvalue weighted by atomic mass is 79.9. The molecular weight excluding hydrogens is 555 g/mol. The van der Waals surface area contributed by atoms with Crippen LogP contribution in [0, 0.1) is 0 Å². The summed E-state index contributed by atoms with van der Waals surface area (Å²) in [5.74, 6) is -0.354. The molecule has 0 aliphatic heterocycles. The van der Waals surface area contributed by atoms with Gasteiger partial charge in [-0.05, 0) is 49.4 Å². The lowest BCUT2D eigenvalue weighted by Crippen LogP contribution is -2.20. The first-order chi connectivity index (χ1) is 17.7. The van der Waals surface area contributed by atoms with Gasteiger partial charge in [0.05, 0.1) is 29.3 Å². The SMILES string of the molecule is CCOC(=O)COc1ccc(Br)cc1C=Nn1c(-c2cccc(C(F)(F)F)c2)nc2ccccc2c1=O. The molecule has 4 aromatic rings. The Balaban J connectivity index is 1.83. The molecule has 11 heteroatoms. The van der Waals surface area contributed by atoms with Gasteiger partial charge in [0.2, 0.25) is 0 Å². The molecule has 0 amide bonds. The van der Waals surface area contributed by atoms with E-state index in [9.17, 15) is 22.8 Å². The molecule has 7 nitrogen and oxygen atoms in total. The fourth-order valence-electron chi connectivity index (χ4n) is 3.46. The Bertz CT molecular complexity index is 1550. The van der Waals surface area contributed by atoms with Crippen molar-refractivity contribution < 1.29 is 27.4 Å². The molecule has 0 aliphatic carbocycles. The van der Waals surface area contributed by atoms with Crippen LogP contribution in [-0.2, 0) is 15.7 Å². The quantitative estimate of drug-likeness (QED) is 0.210. The minimum atomic E-state index is -4.58. The Hall–Kier alpha value is -3.99. The number of alkyl halides is 3. The average molecular weight is 574 g/mol. The van der Waals surface area contributed by atoms with Crippen LogP contribution in [0.1, 0.15) is 18.1 Å². The Morgan fingerprint density at radius 2 is 1.89 bits per heavy atom. The number of esters is 1. The topological polar surface area (TPSA) is 82.8 Å². The van der Waals surface area contributed by atoms with Gasteiger partial charge in [-0.25, -0.2) is 9.78 Å². The van der Waals surface area contributed by atoms with Gasteiger partial charge in [0.15, 0.2) is 12.4 Å². The van der Waals surface area contributed by atoms with E-state index in [1.165, 1.54) is 18.3 Å². The van der Waals surface area contributed by atoms with E-state index in [1.807, 2.05) is 0 Å². The summed E-state index contributed by atoms with van der Waals surface area (Å²) >= 11 is 3.36. The van der Waals surface area contributed by atoms with Crippen LogP contribution in [0.25, 0.3) is 22.3 Å². The summed E-state index contributed by atoms with van der Waals surface area (Å²) < 4.78 is 52.2. The third kappa shape index (κ3) is 6.05. The predicted octanol–water partition coefficient (Wildman–Crippen LogP) is 5.67. The maximum absolute atomic E-state index is 13.4. The molecule has 0 radical (unpaired) electrons. The summed E-state index contributed by atoms with van der Waals surface area (Å²) in [4.78, 5) is 29.5. The Morgan fingerprint density at radius 3 is 2.65 bits per heavy atom. The highest BCUT2D eigenvalue weighted by molar-refractivity contribution is 9.10. The van der Waals surface area contributed by atoms with Crippen molar-refractivity contribution in [3.05, 3.63) is 92.7 Å². The van der Waals surface area contributed by atoms with Crippen molar-refractivity contribution in [2.75, 3.05) is 13.2 Å². The first kappa shape index (κ1) is 26.1. The van der Waals surface area contributed by atoms with Crippen LogP contribution < -0.4 is 10.3 Å². The number of fused-ring (bicyclic) bond motifs is 1. The first-order valence-electron chi connectivity index (χ1n) is 11.0. The number of halogens is 4. The van der Waals surface area contributed by atoms with Gasteiger partial charge in [0.25, 0.3) is 5.56 Å². The largest absolute Gasteiger partial charge is 0.481 e. The number of hydrogen-bond donors (Lipinski definition) is 0. The maximum atomic E-state index is 13.4. The first-order valence-corrected chi connectivity index (χ1v) is 11.8. The van der Waals surface area contributed by atoms with Gasteiger partial charge in [0.1, 0.15) is 5.75 Å². The number of nitrogens with zero attached hydrogens (tertiary/aromatic N) is 3. The number of benzene rings is 3. The van der Waals surface area contributed by atoms with Gasteiger partial charge < -0.3 is 9.47 Å². The van der Waals surface area contributed by atoms with E-state index in [4.69, 9.17) is 9.47 Å². The zero-order valence-corrected chi connectivity index (χ0v) is 20.9. The summed E-state index contributed by atoms with van der Waals surface area (Å²) in [6, 6.07) is 15.9. The summed E-state index contributed by atoms with van der Waals surface area (Å²) in [6.07, 6.45) is -3.27. The maximum Gasteiger partial charge on any atom is 0.416 e. The van der Waals surface area contributed by atoms with Gasteiger partial charge in [-0.3, -0.25) is 4.79 Å². The molecule has 3 aromatic carbocycles. The summed E-state index contributed by atoms with van der Waals surface area (Å²) in [5, 5.41) is 4.52. The van der Waals surface area contributed by atoms with E-state index in [2.05, 4.69) is 26.0 Å². The van der Waals surface area contributed by atoms with Crippen molar-refractivity contribution in [2.24, 2.45) is 5.10 Å². The molecule has 0 atom stereocenters. The highest BCUT2D eigenvalue weighted by Crippen LogP contribution is 2.32. The minimum Gasteiger partial charge on any atom is -0.481 e. The molecule has 0 aliphatic rings. The van der Waals surface area contributed by atoms with Crippen LogP contribution >= 0.6 is 15.9 Å². The van der Waals surface area contributed by atoms with E-state index in [0.717, 1.165) is 16.8 Å². The second kappa shape index (κ2) is 11.0. The van der Waals surface area contributed by atoms with Crippen LogP contribution in [0.4, 0.5) is 13.2 Å². The predicted molar refractivity (Wildman–Crippen MR) is 136 cm³/mol. The Labute approximate surface area is 217 Å². The highest BCUT2D eigenvalue weighted by Gasteiger charge is 2.31. The van der Waals surface area contributed by atoms with Crippen molar-refractivity contribution >= 4 is 39.0 Å². The Morgan fingerprint density at radius 1 is 1.11 bits per heavy atom. The fourth-order valence-corrected chi connectivity index (χ4v) is 3.84. The number of ether oxygens (including phenoxy) is 2. The van der Waals surface area contributed by atoms with E-state index >= 15 is 0 Å². The lowest BCUT2D eigenvalue weighted by atomic mass is 10.1. The van der Waals surface area contributed by atoms with Crippen molar-refractivity contribution in [1.82, 2.24) is 9.66 Å². The van der Waals surface area contributed by atoms with Crippen LogP contribution in [0.2, 0.25) is 0 Å². The number of rotatable bonds is 7. The van der Waals surface area contributed by atoms with E-state index < -0.39 is 23.3 Å². The molecule has 4 rings (SSSR count). The minimum absolute atomic E-state index is 0.0582. The van der Waals surface area contributed by atoms with Crippen LogP contribution in [0.3, 0.4) is 0 Å². The molecule has 37 heavy (non-hydrogen) atoms. The third-order valence-corrected chi connectivity index (χ3v) is 5.63.